The lowest BCUT2D eigenvalue weighted by atomic mass is 10.1. The molecule has 2 fully saturated rings. The van der Waals surface area contributed by atoms with E-state index in [2.05, 4.69) is 20.9 Å². The molecule has 0 saturated carbocycles. The average molecular weight is 682 g/mol. The van der Waals surface area contributed by atoms with Crippen LogP contribution in [-0.4, -0.2) is 94.7 Å². The van der Waals surface area contributed by atoms with Crippen LogP contribution in [0.1, 0.15) is 62.6 Å². The monoisotopic (exact) mass is 681 g/mol. The van der Waals surface area contributed by atoms with Gasteiger partial charge in [-0.3, -0.25) is 24.2 Å². The van der Waals surface area contributed by atoms with Crippen LogP contribution in [0.2, 0.25) is 0 Å². The SMILES string of the molecule is Cn1cc(NC(=O)CCCOc2cc3c(cc2CO)C(=O)N2CCC[C@H]2C=N3)cc1C(=O)Nc1ccc2oc(C(=O)N3CCNCC3)cc2c1. The van der Waals surface area contributed by atoms with Gasteiger partial charge in [0.05, 0.1) is 36.2 Å². The van der Waals surface area contributed by atoms with Crippen LogP contribution in [-0.2, 0) is 18.4 Å². The van der Waals surface area contributed by atoms with E-state index in [9.17, 15) is 24.3 Å². The Bertz CT molecular complexity index is 1990. The van der Waals surface area contributed by atoms with Gasteiger partial charge in [0.2, 0.25) is 5.91 Å². The molecule has 0 radical (unpaired) electrons. The maximum atomic E-state index is 13.2. The number of aromatic nitrogens is 1. The second-order valence-electron chi connectivity index (χ2n) is 12.7. The zero-order valence-corrected chi connectivity index (χ0v) is 27.7. The first-order valence-electron chi connectivity index (χ1n) is 16.8. The van der Waals surface area contributed by atoms with Crippen molar-refractivity contribution in [3.63, 3.8) is 0 Å². The molecule has 0 unspecified atom stereocenters. The molecule has 4 aromatic rings. The Hall–Kier alpha value is -5.47. The van der Waals surface area contributed by atoms with E-state index in [1.165, 1.54) is 0 Å². The van der Waals surface area contributed by atoms with E-state index in [0.29, 0.717) is 76.7 Å². The minimum Gasteiger partial charge on any atom is -0.493 e. The van der Waals surface area contributed by atoms with Crippen molar-refractivity contribution in [3.05, 3.63) is 71.2 Å². The molecule has 0 bridgehead atoms. The van der Waals surface area contributed by atoms with Gasteiger partial charge in [0, 0.05) is 81.3 Å². The van der Waals surface area contributed by atoms with Crippen LogP contribution < -0.4 is 20.7 Å². The number of anilines is 2. The number of furan rings is 1. The number of aliphatic hydroxyl groups is 1. The number of fused-ring (bicyclic) bond motifs is 3. The minimum atomic E-state index is -0.367. The summed E-state index contributed by atoms with van der Waals surface area (Å²) in [7, 11) is 1.71. The number of aryl methyl sites for hydroxylation is 1. The van der Waals surface area contributed by atoms with E-state index in [1.54, 1.807) is 71.4 Å². The largest absolute Gasteiger partial charge is 0.493 e. The summed E-state index contributed by atoms with van der Waals surface area (Å²) in [6.45, 7) is 3.32. The fraction of sp³-hybridized carbons (Fsp3) is 0.361. The van der Waals surface area contributed by atoms with E-state index in [-0.39, 0.29) is 55.1 Å². The Morgan fingerprint density at radius 3 is 2.72 bits per heavy atom. The number of aliphatic hydroxyl groups excluding tert-OH is 1. The molecule has 5 heterocycles. The van der Waals surface area contributed by atoms with Gasteiger partial charge in [-0.05, 0) is 55.7 Å². The number of benzene rings is 2. The van der Waals surface area contributed by atoms with Crippen molar-refractivity contribution in [2.24, 2.45) is 12.0 Å². The maximum Gasteiger partial charge on any atom is 0.289 e. The first kappa shape index (κ1) is 33.0. The Balaban J connectivity index is 0.917. The number of carbonyl (C=O) groups excluding carboxylic acids is 4. The third-order valence-electron chi connectivity index (χ3n) is 9.24. The van der Waals surface area contributed by atoms with Crippen LogP contribution in [0.25, 0.3) is 11.0 Å². The summed E-state index contributed by atoms with van der Waals surface area (Å²) in [5.41, 5.74) is 3.34. The van der Waals surface area contributed by atoms with E-state index < -0.39 is 0 Å². The number of rotatable bonds is 10. The molecule has 2 aromatic heterocycles. The van der Waals surface area contributed by atoms with Crippen LogP contribution in [0.5, 0.6) is 5.75 Å². The quantitative estimate of drug-likeness (QED) is 0.184. The smallest absolute Gasteiger partial charge is 0.289 e. The minimum absolute atomic E-state index is 0.0154. The fourth-order valence-corrected chi connectivity index (χ4v) is 6.61. The van der Waals surface area contributed by atoms with Crippen molar-refractivity contribution < 1.29 is 33.4 Å². The van der Waals surface area contributed by atoms with Crippen molar-refractivity contribution >= 4 is 57.9 Å². The summed E-state index contributed by atoms with van der Waals surface area (Å²) in [4.78, 5) is 59.9. The van der Waals surface area contributed by atoms with Gasteiger partial charge in [-0.15, -0.1) is 0 Å². The molecular weight excluding hydrogens is 642 g/mol. The Labute approximate surface area is 288 Å². The lowest BCUT2D eigenvalue weighted by Crippen LogP contribution is -2.46. The third kappa shape index (κ3) is 6.84. The third-order valence-corrected chi connectivity index (χ3v) is 9.24. The molecule has 4 amide bonds. The highest BCUT2D eigenvalue weighted by Crippen LogP contribution is 2.34. The summed E-state index contributed by atoms with van der Waals surface area (Å²) >= 11 is 0. The highest BCUT2D eigenvalue weighted by molar-refractivity contribution is 6.06. The lowest BCUT2D eigenvalue weighted by Gasteiger charge is -2.26. The number of hydrogen-bond acceptors (Lipinski definition) is 9. The van der Waals surface area contributed by atoms with E-state index >= 15 is 0 Å². The van der Waals surface area contributed by atoms with Crippen molar-refractivity contribution in [3.8, 4) is 5.75 Å². The molecule has 1 atom stereocenters. The number of carbonyl (C=O) groups is 4. The summed E-state index contributed by atoms with van der Waals surface area (Å²) in [5, 5.41) is 19.6. The number of aliphatic imine (C=N–C) groups is 1. The van der Waals surface area contributed by atoms with Gasteiger partial charge in [-0.25, -0.2) is 0 Å². The molecule has 2 aromatic carbocycles. The number of amides is 4. The summed E-state index contributed by atoms with van der Waals surface area (Å²) in [6, 6.07) is 11.8. The molecule has 260 valence electrons. The van der Waals surface area contributed by atoms with Crippen LogP contribution in [0.4, 0.5) is 17.1 Å². The number of piperazine rings is 1. The summed E-state index contributed by atoms with van der Waals surface area (Å²) < 4.78 is 13.3. The van der Waals surface area contributed by atoms with Gasteiger partial charge in [-0.2, -0.15) is 0 Å². The second-order valence-corrected chi connectivity index (χ2v) is 12.7. The molecule has 3 aliphatic rings. The van der Waals surface area contributed by atoms with Crippen molar-refractivity contribution in [2.75, 3.05) is 50.0 Å². The maximum absolute atomic E-state index is 13.2. The standard InChI is InChI=1S/C36H39N7O7/c1-41-20-25(17-29(41)34(46)40-24-6-7-30-22(14-24)16-32(50-30)36(48)42-11-8-37-9-12-42)39-33(45)5-3-13-49-31-18-28-27(15-23(31)21-44)35(47)43-10-2-4-26(43)19-38-28/h6-7,14-20,26,37,44H,2-5,8-13,21H2,1H3,(H,39,45)(H,40,46)/t26-/m0/s1. The molecule has 50 heavy (non-hydrogen) atoms. The average Bonchev–Trinajstić information content (AvgIpc) is 3.85. The molecule has 0 aliphatic carbocycles. The van der Waals surface area contributed by atoms with E-state index in [4.69, 9.17) is 9.15 Å². The highest BCUT2D eigenvalue weighted by atomic mass is 16.5. The van der Waals surface area contributed by atoms with Gasteiger partial charge in [-0.1, -0.05) is 0 Å². The lowest BCUT2D eigenvalue weighted by molar-refractivity contribution is -0.116. The van der Waals surface area contributed by atoms with E-state index in [0.717, 1.165) is 25.9 Å². The first-order valence-corrected chi connectivity index (χ1v) is 16.8. The summed E-state index contributed by atoms with van der Waals surface area (Å²) in [5.74, 6) is -0.181. The molecule has 4 N–H and O–H groups in total. The molecule has 14 heteroatoms. The first-order chi connectivity index (χ1) is 24.3. The molecule has 0 spiro atoms. The van der Waals surface area contributed by atoms with Crippen molar-refractivity contribution in [2.45, 2.75) is 38.3 Å². The normalized spacial score (nSPS) is 17.0. The number of ether oxygens (including phenoxy) is 1. The van der Waals surface area contributed by atoms with Gasteiger partial charge in [0.25, 0.3) is 17.7 Å². The zero-order valence-electron chi connectivity index (χ0n) is 27.7. The van der Waals surface area contributed by atoms with Crippen LogP contribution >= 0.6 is 0 Å². The predicted molar refractivity (Wildman–Crippen MR) is 186 cm³/mol. The van der Waals surface area contributed by atoms with Crippen molar-refractivity contribution in [1.82, 2.24) is 19.7 Å². The van der Waals surface area contributed by atoms with Gasteiger partial charge >= 0.3 is 0 Å². The number of nitrogens with one attached hydrogen (secondary N) is 3. The van der Waals surface area contributed by atoms with E-state index in [1.807, 2.05) is 4.90 Å². The number of nitrogens with zero attached hydrogens (tertiary/aromatic N) is 4. The summed E-state index contributed by atoms with van der Waals surface area (Å²) in [6.07, 6.45) is 5.83. The Kier molecular flexibility index (Phi) is 9.37. The fourth-order valence-electron chi connectivity index (χ4n) is 6.61. The molecule has 14 nitrogen and oxygen atoms in total. The Morgan fingerprint density at radius 2 is 1.90 bits per heavy atom. The second kappa shape index (κ2) is 14.2. The molecular formula is C36H39N7O7. The van der Waals surface area contributed by atoms with Gasteiger partial charge < -0.3 is 44.6 Å². The zero-order chi connectivity index (χ0) is 34.8. The van der Waals surface area contributed by atoms with Gasteiger partial charge in [0.1, 0.15) is 17.0 Å². The predicted octanol–water partition coefficient (Wildman–Crippen LogP) is 3.68. The topological polar surface area (TPSA) is 171 Å². The van der Waals surface area contributed by atoms with Gasteiger partial charge in [0.15, 0.2) is 5.76 Å². The van der Waals surface area contributed by atoms with Crippen molar-refractivity contribution in [1.29, 1.82) is 0 Å². The molecule has 7 rings (SSSR count). The Morgan fingerprint density at radius 1 is 1.06 bits per heavy atom. The molecule has 2 saturated heterocycles. The van der Waals surface area contributed by atoms with Crippen LogP contribution in [0.15, 0.2) is 58.1 Å². The van der Waals surface area contributed by atoms with Crippen LogP contribution in [0.3, 0.4) is 0 Å². The molecule has 3 aliphatic heterocycles. The number of hydrogen-bond donors (Lipinski definition) is 4. The van der Waals surface area contributed by atoms with Crippen LogP contribution in [0, 0.1) is 0 Å². The highest BCUT2D eigenvalue weighted by Gasteiger charge is 2.32.